The Balaban J connectivity index is 2.47. The maximum atomic E-state index is 13.7. The van der Waals surface area contributed by atoms with Gasteiger partial charge in [0.2, 0.25) is 21.8 Å². The van der Waals surface area contributed by atoms with Gasteiger partial charge in [0.25, 0.3) is 0 Å². The SMILES string of the molecule is CCOc1ccccc1N(CC(=O)N(Cc1c(Cl)cccc1Cl)[C@@H](C)C(=O)NCC(C)C)S(C)(=O)=O. The number of para-hydroxylation sites is 2. The lowest BCUT2D eigenvalue weighted by Crippen LogP contribution is -2.51. The van der Waals surface area contributed by atoms with E-state index < -0.39 is 28.5 Å². The molecule has 1 N–H and O–H groups in total. The number of rotatable bonds is 12. The van der Waals surface area contributed by atoms with Crippen LogP contribution < -0.4 is 14.4 Å². The number of ether oxygens (including phenoxy) is 1. The van der Waals surface area contributed by atoms with E-state index in [1.54, 1.807) is 56.3 Å². The average Bonchev–Trinajstić information content (AvgIpc) is 2.80. The van der Waals surface area contributed by atoms with Crippen molar-refractivity contribution in [2.75, 3.05) is 30.3 Å². The summed E-state index contributed by atoms with van der Waals surface area (Å²) < 4.78 is 32.1. The molecule has 0 aliphatic rings. The van der Waals surface area contributed by atoms with Gasteiger partial charge in [-0.3, -0.25) is 13.9 Å². The number of hydrogen-bond acceptors (Lipinski definition) is 5. The minimum Gasteiger partial charge on any atom is -0.492 e. The third-order valence-corrected chi connectivity index (χ3v) is 7.19. The number of hydrogen-bond donors (Lipinski definition) is 1. The molecular weight excluding hydrogens is 525 g/mol. The highest BCUT2D eigenvalue weighted by atomic mass is 35.5. The molecule has 11 heteroatoms. The van der Waals surface area contributed by atoms with Crippen LogP contribution >= 0.6 is 23.2 Å². The van der Waals surface area contributed by atoms with E-state index in [1.165, 1.54) is 4.90 Å². The van der Waals surface area contributed by atoms with Crippen LogP contribution in [0.25, 0.3) is 0 Å². The predicted octanol–water partition coefficient (Wildman–Crippen LogP) is 4.35. The van der Waals surface area contributed by atoms with Gasteiger partial charge in [-0.2, -0.15) is 0 Å². The van der Waals surface area contributed by atoms with Crippen molar-refractivity contribution in [1.29, 1.82) is 0 Å². The first-order valence-electron chi connectivity index (χ1n) is 11.6. The fourth-order valence-electron chi connectivity index (χ4n) is 3.42. The molecule has 198 valence electrons. The lowest BCUT2D eigenvalue weighted by atomic mass is 10.1. The Hall–Kier alpha value is -2.49. The fraction of sp³-hybridized carbons (Fsp3) is 0.440. The second-order valence-electron chi connectivity index (χ2n) is 8.71. The van der Waals surface area contributed by atoms with Crippen molar-refractivity contribution in [3.63, 3.8) is 0 Å². The zero-order valence-electron chi connectivity index (χ0n) is 21.1. The molecule has 0 aliphatic carbocycles. The summed E-state index contributed by atoms with van der Waals surface area (Å²) in [5.74, 6) is -0.448. The van der Waals surface area contributed by atoms with E-state index in [0.717, 1.165) is 10.6 Å². The first kappa shape index (κ1) is 29.7. The molecule has 0 bridgehead atoms. The van der Waals surface area contributed by atoms with Gasteiger partial charge in [-0.15, -0.1) is 0 Å². The van der Waals surface area contributed by atoms with Gasteiger partial charge in [0.15, 0.2) is 0 Å². The molecule has 36 heavy (non-hydrogen) atoms. The molecule has 0 aliphatic heterocycles. The molecule has 0 spiro atoms. The number of nitrogens with one attached hydrogen (secondary N) is 1. The summed E-state index contributed by atoms with van der Waals surface area (Å²) in [6, 6.07) is 10.6. The van der Waals surface area contributed by atoms with E-state index in [2.05, 4.69) is 5.32 Å². The largest absolute Gasteiger partial charge is 0.492 e. The van der Waals surface area contributed by atoms with Crippen molar-refractivity contribution in [1.82, 2.24) is 10.2 Å². The van der Waals surface area contributed by atoms with Gasteiger partial charge in [-0.05, 0) is 44.0 Å². The van der Waals surface area contributed by atoms with Crippen LogP contribution in [0.15, 0.2) is 42.5 Å². The van der Waals surface area contributed by atoms with E-state index in [-0.39, 0.29) is 24.1 Å². The van der Waals surface area contributed by atoms with Gasteiger partial charge in [0, 0.05) is 28.7 Å². The highest BCUT2D eigenvalue weighted by molar-refractivity contribution is 7.92. The van der Waals surface area contributed by atoms with Crippen LogP contribution in [0.4, 0.5) is 5.69 Å². The smallest absolute Gasteiger partial charge is 0.244 e. The van der Waals surface area contributed by atoms with Crippen LogP contribution in [0.2, 0.25) is 10.0 Å². The quantitative estimate of drug-likeness (QED) is 0.418. The van der Waals surface area contributed by atoms with E-state index in [9.17, 15) is 18.0 Å². The molecule has 0 radical (unpaired) electrons. The van der Waals surface area contributed by atoms with E-state index in [4.69, 9.17) is 27.9 Å². The van der Waals surface area contributed by atoms with Crippen LogP contribution in [0.3, 0.4) is 0 Å². The van der Waals surface area contributed by atoms with Crippen molar-refractivity contribution < 1.29 is 22.7 Å². The van der Waals surface area contributed by atoms with Crippen molar-refractivity contribution in [3.05, 3.63) is 58.1 Å². The standard InChI is InChI=1S/C25H33Cl2N3O5S/c1-6-35-23-13-8-7-12-22(23)30(36(5,33)34)16-24(31)29(18(4)25(32)28-14-17(2)3)15-19-20(26)10-9-11-21(19)27/h7-13,17-18H,6,14-16H2,1-5H3,(H,28,32)/t18-/m0/s1. The number of halogens is 2. The molecule has 0 heterocycles. The van der Waals surface area contributed by atoms with Crippen LogP contribution in [-0.4, -0.2) is 57.1 Å². The second-order valence-corrected chi connectivity index (χ2v) is 11.4. The highest BCUT2D eigenvalue weighted by Gasteiger charge is 2.31. The number of carbonyl (C=O) groups excluding carboxylic acids is 2. The summed E-state index contributed by atoms with van der Waals surface area (Å²) in [5, 5.41) is 3.48. The second kappa shape index (κ2) is 13.2. The Morgan fingerprint density at radius 2 is 1.64 bits per heavy atom. The Kier molecular flexibility index (Phi) is 10.9. The van der Waals surface area contributed by atoms with Crippen LogP contribution in [0.1, 0.15) is 33.3 Å². The van der Waals surface area contributed by atoms with Crippen LogP contribution in [-0.2, 0) is 26.2 Å². The highest BCUT2D eigenvalue weighted by Crippen LogP contribution is 2.31. The molecule has 8 nitrogen and oxygen atoms in total. The monoisotopic (exact) mass is 557 g/mol. The van der Waals surface area contributed by atoms with Crippen molar-refractivity contribution in [2.45, 2.75) is 40.3 Å². The third-order valence-electron chi connectivity index (χ3n) is 5.35. The van der Waals surface area contributed by atoms with E-state index in [1.807, 2.05) is 13.8 Å². The molecule has 0 unspecified atom stereocenters. The van der Waals surface area contributed by atoms with Gasteiger partial charge in [-0.25, -0.2) is 8.42 Å². The molecule has 2 rings (SSSR count). The summed E-state index contributed by atoms with van der Waals surface area (Å²) in [6.07, 6.45) is 1.01. The summed E-state index contributed by atoms with van der Waals surface area (Å²) in [4.78, 5) is 27.9. The number of nitrogens with zero attached hydrogens (tertiary/aromatic N) is 2. The average molecular weight is 559 g/mol. The number of anilines is 1. The first-order chi connectivity index (χ1) is 16.9. The van der Waals surface area contributed by atoms with Gasteiger partial charge in [0.1, 0.15) is 18.3 Å². The number of amides is 2. The predicted molar refractivity (Wildman–Crippen MR) is 144 cm³/mol. The maximum absolute atomic E-state index is 13.7. The van der Waals surface area contributed by atoms with Crippen molar-refractivity contribution in [3.8, 4) is 5.75 Å². The van der Waals surface area contributed by atoms with E-state index in [0.29, 0.717) is 34.5 Å². The zero-order valence-corrected chi connectivity index (χ0v) is 23.5. The molecule has 0 saturated heterocycles. The molecule has 1 atom stereocenters. The molecule has 2 aromatic carbocycles. The lowest BCUT2D eigenvalue weighted by molar-refractivity contribution is -0.139. The molecule has 0 fully saturated rings. The lowest BCUT2D eigenvalue weighted by Gasteiger charge is -2.32. The van der Waals surface area contributed by atoms with Crippen molar-refractivity contribution in [2.24, 2.45) is 5.92 Å². The van der Waals surface area contributed by atoms with Gasteiger partial charge in [0.05, 0.1) is 18.6 Å². The summed E-state index contributed by atoms with van der Waals surface area (Å²) >= 11 is 12.7. The molecule has 2 amide bonds. The fourth-order valence-corrected chi connectivity index (χ4v) is 4.79. The molecule has 2 aromatic rings. The number of sulfonamides is 1. The first-order valence-corrected chi connectivity index (χ1v) is 14.2. The third kappa shape index (κ3) is 8.01. The molecule has 0 aromatic heterocycles. The normalized spacial score (nSPS) is 12.2. The summed E-state index contributed by atoms with van der Waals surface area (Å²) in [7, 11) is -3.89. The van der Waals surface area contributed by atoms with Crippen LogP contribution in [0.5, 0.6) is 5.75 Å². The number of benzene rings is 2. The Morgan fingerprint density at radius 3 is 2.19 bits per heavy atom. The topological polar surface area (TPSA) is 96.0 Å². The van der Waals surface area contributed by atoms with Crippen LogP contribution in [0, 0.1) is 5.92 Å². The van der Waals surface area contributed by atoms with E-state index >= 15 is 0 Å². The van der Waals surface area contributed by atoms with Gasteiger partial charge >= 0.3 is 0 Å². The van der Waals surface area contributed by atoms with Gasteiger partial charge < -0.3 is 15.0 Å². The van der Waals surface area contributed by atoms with Gasteiger partial charge in [-0.1, -0.05) is 55.2 Å². The summed E-state index contributed by atoms with van der Waals surface area (Å²) in [6.45, 7) is 7.37. The molecule has 0 saturated carbocycles. The maximum Gasteiger partial charge on any atom is 0.244 e. The Morgan fingerprint density at radius 1 is 1.03 bits per heavy atom. The Labute approximate surface area is 223 Å². The minimum absolute atomic E-state index is 0.0850. The minimum atomic E-state index is -3.89. The van der Waals surface area contributed by atoms with Crippen molar-refractivity contribution >= 4 is 50.7 Å². The Bertz CT molecular complexity index is 1150. The summed E-state index contributed by atoms with van der Waals surface area (Å²) in [5.41, 5.74) is 0.682. The number of carbonyl (C=O) groups is 2. The molecular formula is C25H33Cl2N3O5S. The zero-order chi connectivity index (χ0) is 27.0.